The standard InChI is InChI=1S/C15H26N2O/c1-6-9-17-14(15(4,7-2)18-5)13-11-16-10-8-12(13)3/h8,10-11,14,17H,6-7,9H2,1-5H3. The molecule has 1 heterocycles. The first kappa shape index (κ1) is 15.1. The van der Waals surface area contributed by atoms with Crippen LogP contribution in [-0.2, 0) is 4.74 Å². The van der Waals surface area contributed by atoms with Gasteiger partial charge in [-0.3, -0.25) is 4.98 Å². The lowest BCUT2D eigenvalue weighted by atomic mass is 9.86. The molecule has 2 unspecified atom stereocenters. The van der Waals surface area contributed by atoms with Crippen LogP contribution in [0.3, 0.4) is 0 Å². The van der Waals surface area contributed by atoms with Crippen LogP contribution in [0.2, 0.25) is 0 Å². The van der Waals surface area contributed by atoms with Crippen molar-refractivity contribution in [3.63, 3.8) is 0 Å². The van der Waals surface area contributed by atoms with Crippen LogP contribution in [0.5, 0.6) is 0 Å². The summed E-state index contributed by atoms with van der Waals surface area (Å²) in [7, 11) is 1.79. The highest BCUT2D eigenvalue weighted by Crippen LogP contribution is 2.32. The van der Waals surface area contributed by atoms with Gasteiger partial charge in [0.25, 0.3) is 0 Å². The summed E-state index contributed by atoms with van der Waals surface area (Å²) >= 11 is 0. The molecule has 102 valence electrons. The first-order valence-corrected chi connectivity index (χ1v) is 6.78. The molecule has 0 spiro atoms. The van der Waals surface area contributed by atoms with Crippen molar-refractivity contribution in [2.24, 2.45) is 0 Å². The van der Waals surface area contributed by atoms with Gasteiger partial charge in [0.05, 0.1) is 11.6 Å². The maximum atomic E-state index is 5.77. The molecule has 0 aliphatic heterocycles. The molecule has 0 fully saturated rings. The Morgan fingerprint density at radius 3 is 2.67 bits per heavy atom. The summed E-state index contributed by atoms with van der Waals surface area (Å²) in [6.45, 7) is 9.61. The zero-order valence-corrected chi connectivity index (χ0v) is 12.3. The van der Waals surface area contributed by atoms with Crippen molar-refractivity contribution < 1.29 is 4.74 Å². The van der Waals surface area contributed by atoms with E-state index >= 15 is 0 Å². The van der Waals surface area contributed by atoms with Crippen molar-refractivity contribution in [1.29, 1.82) is 0 Å². The Kier molecular flexibility index (Phi) is 5.76. The summed E-state index contributed by atoms with van der Waals surface area (Å²) in [4.78, 5) is 4.26. The van der Waals surface area contributed by atoms with E-state index in [1.54, 1.807) is 7.11 Å². The molecule has 1 aromatic heterocycles. The highest BCUT2D eigenvalue weighted by molar-refractivity contribution is 5.27. The van der Waals surface area contributed by atoms with Crippen LogP contribution >= 0.6 is 0 Å². The third kappa shape index (κ3) is 3.30. The molecule has 0 saturated carbocycles. The first-order valence-electron chi connectivity index (χ1n) is 6.78. The van der Waals surface area contributed by atoms with E-state index in [-0.39, 0.29) is 11.6 Å². The van der Waals surface area contributed by atoms with Crippen molar-refractivity contribution in [2.75, 3.05) is 13.7 Å². The first-order chi connectivity index (χ1) is 8.59. The molecule has 1 rings (SSSR count). The van der Waals surface area contributed by atoms with E-state index in [1.807, 2.05) is 12.4 Å². The number of hydrogen-bond acceptors (Lipinski definition) is 3. The SMILES string of the molecule is CCCNC(c1cnccc1C)C(C)(CC)OC. The van der Waals surface area contributed by atoms with Crippen LogP contribution in [0.4, 0.5) is 0 Å². The van der Waals surface area contributed by atoms with Crippen molar-refractivity contribution in [1.82, 2.24) is 10.3 Å². The molecule has 1 aromatic rings. The number of aromatic nitrogens is 1. The Labute approximate surface area is 111 Å². The summed E-state index contributed by atoms with van der Waals surface area (Å²) in [5.74, 6) is 0. The van der Waals surface area contributed by atoms with Crippen molar-refractivity contribution >= 4 is 0 Å². The van der Waals surface area contributed by atoms with Gasteiger partial charge in [-0.05, 0) is 50.4 Å². The Morgan fingerprint density at radius 1 is 1.44 bits per heavy atom. The zero-order valence-electron chi connectivity index (χ0n) is 12.3. The largest absolute Gasteiger partial charge is 0.377 e. The van der Waals surface area contributed by atoms with Gasteiger partial charge in [-0.15, -0.1) is 0 Å². The fraction of sp³-hybridized carbons (Fsp3) is 0.667. The third-order valence-electron chi connectivity index (χ3n) is 3.77. The minimum absolute atomic E-state index is 0.182. The molecular weight excluding hydrogens is 224 g/mol. The number of ether oxygens (including phenoxy) is 1. The molecule has 18 heavy (non-hydrogen) atoms. The molecule has 1 N–H and O–H groups in total. The second kappa shape index (κ2) is 6.86. The van der Waals surface area contributed by atoms with Crippen LogP contribution in [0, 0.1) is 6.92 Å². The summed E-state index contributed by atoms with van der Waals surface area (Å²) in [6.07, 6.45) is 5.86. The molecule has 0 amide bonds. The smallest absolute Gasteiger partial charge is 0.0842 e. The maximum absolute atomic E-state index is 5.77. The van der Waals surface area contributed by atoms with Crippen molar-refractivity contribution in [2.45, 2.75) is 52.2 Å². The summed E-state index contributed by atoms with van der Waals surface area (Å²) in [5.41, 5.74) is 2.29. The van der Waals surface area contributed by atoms with Gasteiger partial charge in [0.2, 0.25) is 0 Å². The maximum Gasteiger partial charge on any atom is 0.0842 e. The van der Waals surface area contributed by atoms with Crippen LogP contribution < -0.4 is 5.32 Å². The highest BCUT2D eigenvalue weighted by atomic mass is 16.5. The van der Waals surface area contributed by atoms with Crippen LogP contribution in [0.1, 0.15) is 50.8 Å². The van der Waals surface area contributed by atoms with E-state index in [9.17, 15) is 0 Å². The van der Waals surface area contributed by atoms with E-state index in [0.717, 1.165) is 19.4 Å². The molecule has 2 atom stereocenters. The van der Waals surface area contributed by atoms with Crippen molar-refractivity contribution in [3.8, 4) is 0 Å². The van der Waals surface area contributed by atoms with Gasteiger partial charge in [-0.25, -0.2) is 0 Å². The number of nitrogens with zero attached hydrogens (tertiary/aromatic N) is 1. The van der Waals surface area contributed by atoms with E-state index < -0.39 is 0 Å². The second-order valence-electron chi connectivity index (χ2n) is 4.99. The molecular formula is C15H26N2O. The topological polar surface area (TPSA) is 34.2 Å². The number of pyridine rings is 1. The van der Waals surface area contributed by atoms with Crippen LogP contribution in [0.25, 0.3) is 0 Å². The fourth-order valence-electron chi connectivity index (χ4n) is 2.19. The molecule has 3 heteroatoms. The second-order valence-corrected chi connectivity index (χ2v) is 4.99. The van der Waals surface area contributed by atoms with E-state index in [2.05, 4.69) is 44.1 Å². The molecule has 0 aliphatic rings. The number of nitrogens with one attached hydrogen (secondary N) is 1. The minimum Gasteiger partial charge on any atom is -0.377 e. The third-order valence-corrected chi connectivity index (χ3v) is 3.77. The minimum atomic E-state index is -0.205. The summed E-state index contributed by atoms with van der Waals surface area (Å²) in [5, 5.41) is 3.60. The van der Waals surface area contributed by atoms with Gasteiger partial charge >= 0.3 is 0 Å². The van der Waals surface area contributed by atoms with Gasteiger partial charge < -0.3 is 10.1 Å². The lowest BCUT2D eigenvalue weighted by molar-refractivity contribution is -0.0301. The molecule has 3 nitrogen and oxygen atoms in total. The Hall–Kier alpha value is -0.930. The number of methoxy groups -OCH3 is 1. The molecule has 0 aromatic carbocycles. The number of rotatable bonds is 7. The Bertz CT molecular complexity index is 361. The molecule has 0 aliphatic carbocycles. The summed E-state index contributed by atoms with van der Waals surface area (Å²) < 4.78 is 5.77. The molecule has 0 saturated heterocycles. The average Bonchev–Trinajstić information content (AvgIpc) is 2.40. The lowest BCUT2D eigenvalue weighted by Gasteiger charge is -2.37. The van der Waals surface area contributed by atoms with Gasteiger partial charge in [-0.1, -0.05) is 13.8 Å². The number of aryl methyl sites for hydroxylation is 1. The van der Waals surface area contributed by atoms with E-state index in [1.165, 1.54) is 11.1 Å². The van der Waals surface area contributed by atoms with Gasteiger partial charge in [0.15, 0.2) is 0 Å². The zero-order chi connectivity index (χ0) is 13.6. The molecule has 0 radical (unpaired) electrons. The fourth-order valence-corrected chi connectivity index (χ4v) is 2.19. The van der Waals surface area contributed by atoms with E-state index in [4.69, 9.17) is 4.74 Å². The van der Waals surface area contributed by atoms with Gasteiger partial charge in [0, 0.05) is 19.5 Å². The van der Waals surface area contributed by atoms with Crippen LogP contribution in [-0.4, -0.2) is 24.2 Å². The quantitative estimate of drug-likeness (QED) is 0.806. The highest BCUT2D eigenvalue weighted by Gasteiger charge is 2.34. The number of hydrogen-bond donors (Lipinski definition) is 1. The Balaban J connectivity index is 3.09. The predicted molar refractivity (Wildman–Crippen MR) is 75.7 cm³/mol. The van der Waals surface area contributed by atoms with Crippen LogP contribution in [0.15, 0.2) is 18.5 Å². The monoisotopic (exact) mass is 250 g/mol. The van der Waals surface area contributed by atoms with Gasteiger partial charge in [-0.2, -0.15) is 0 Å². The lowest BCUT2D eigenvalue weighted by Crippen LogP contribution is -2.43. The predicted octanol–water partition coefficient (Wildman–Crippen LogP) is 3.25. The van der Waals surface area contributed by atoms with Crippen molar-refractivity contribution in [3.05, 3.63) is 29.6 Å². The Morgan fingerprint density at radius 2 is 2.17 bits per heavy atom. The average molecular weight is 250 g/mol. The van der Waals surface area contributed by atoms with Gasteiger partial charge in [0.1, 0.15) is 0 Å². The molecule has 0 bridgehead atoms. The summed E-state index contributed by atoms with van der Waals surface area (Å²) in [6, 6.07) is 2.24. The van der Waals surface area contributed by atoms with E-state index in [0.29, 0.717) is 0 Å². The normalized spacial score (nSPS) is 16.3.